The monoisotopic (exact) mass is 426 g/mol. The van der Waals surface area contributed by atoms with E-state index in [2.05, 4.69) is 5.10 Å². The zero-order valence-electron chi connectivity index (χ0n) is 18.8. The van der Waals surface area contributed by atoms with Crippen molar-refractivity contribution in [2.45, 2.75) is 40.2 Å². The zero-order valence-corrected chi connectivity index (χ0v) is 18.8. The summed E-state index contributed by atoms with van der Waals surface area (Å²) in [5, 5.41) is 6.18. The molecule has 1 aliphatic heterocycles. The SMILES string of the molecule is CCOc1ccc(C2=NN(C(C)=O)C(c3ccc(OCC)c(OC)c3)C2)c(OCC)c1. The van der Waals surface area contributed by atoms with Crippen molar-refractivity contribution in [1.29, 1.82) is 0 Å². The van der Waals surface area contributed by atoms with Crippen molar-refractivity contribution in [2.75, 3.05) is 26.9 Å². The first-order chi connectivity index (χ1) is 15.0. The van der Waals surface area contributed by atoms with Crippen LogP contribution in [0.3, 0.4) is 0 Å². The van der Waals surface area contributed by atoms with Gasteiger partial charge in [0.2, 0.25) is 5.91 Å². The number of benzene rings is 2. The predicted molar refractivity (Wildman–Crippen MR) is 119 cm³/mol. The topological polar surface area (TPSA) is 69.6 Å². The fraction of sp³-hybridized carbons (Fsp3) is 0.417. The molecule has 3 rings (SSSR count). The van der Waals surface area contributed by atoms with Gasteiger partial charge in [-0.1, -0.05) is 6.07 Å². The molecule has 2 aromatic rings. The Morgan fingerprint density at radius 3 is 2.32 bits per heavy atom. The van der Waals surface area contributed by atoms with Crippen molar-refractivity contribution in [3.8, 4) is 23.0 Å². The fourth-order valence-electron chi connectivity index (χ4n) is 3.66. The Bertz CT molecular complexity index is 957. The minimum Gasteiger partial charge on any atom is -0.494 e. The van der Waals surface area contributed by atoms with Crippen LogP contribution in [0.5, 0.6) is 23.0 Å². The standard InChI is InChI=1S/C24H30N2O5/c1-6-29-18-10-11-19(23(14-18)31-8-3)20-15-21(26(25-20)16(4)27)17-9-12-22(30-7-2)24(13-17)28-5/h9-14,21H,6-8,15H2,1-5H3. The molecule has 1 unspecified atom stereocenters. The highest BCUT2D eigenvalue weighted by Gasteiger charge is 2.33. The Balaban J connectivity index is 1.96. The lowest BCUT2D eigenvalue weighted by Gasteiger charge is -2.21. The Morgan fingerprint density at radius 1 is 0.968 bits per heavy atom. The third-order valence-corrected chi connectivity index (χ3v) is 4.98. The molecule has 0 fully saturated rings. The average Bonchev–Trinajstić information content (AvgIpc) is 3.20. The Hall–Kier alpha value is -3.22. The van der Waals surface area contributed by atoms with Gasteiger partial charge in [0.1, 0.15) is 11.5 Å². The molecule has 7 nitrogen and oxygen atoms in total. The molecule has 1 amide bonds. The molecule has 0 saturated heterocycles. The molecule has 0 saturated carbocycles. The molecule has 1 atom stereocenters. The van der Waals surface area contributed by atoms with Crippen molar-refractivity contribution in [2.24, 2.45) is 5.10 Å². The van der Waals surface area contributed by atoms with Gasteiger partial charge in [0.05, 0.1) is 38.7 Å². The molecule has 2 aromatic carbocycles. The smallest absolute Gasteiger partial charge is 0.240 e. The summed E-state index contributed by atoms with van der Waals surface area (Å²) in [5.41, 5.74) is 2.58. The molecule has 0 N–H and O–H groups in total. The first-order valence-electron chi connectivity index (χ1n) is 10.6. The van der Waals surface area contributed by atoms with Crippen LogP contribution in [0.25, 0.3) is 0 Å². The molecule has 7 heteroatoms. The molecular weight excluding hydrogens is 396 g/mol. The van der Waals surface area contributed by atoms with Crippen LogP contribution in [0.1, 0.15) is 51.3 Å². The lowest BCUT2D eigenvalue weighted by Crippen LogP contribution is -2.24. The van der Waals surface area contributed by atoms with Crippen molar-refractivity contribution in [3.63, 3.8) is 0 Å². The largest absolute Gasteiger partial charge is 0.494 e. The Labute approximate surface area is 183 Å². The summed E-state index contributed by atoms with van der Waals surface area (Å²) >= 11 is 0. The molecule has 0 radical (unpaired) electrons. The lowest BCUT2D eigenvalue weighted by molar-refractivity contribution is -0.130. The van der Waals surface area contributed by atoms with Crippen LogP contribution in [-0.2, 0) is 4.79 Å². The van der Waals surface area contributed by atoms with Crippen LogP contribution in [0.4, 0.5) is 0 Å². The molecule has 0 bridgehead atoms. The summed E-state index contributed by atoms with van der Waals surface area (Å²) in [6, 6.07) is 11.2. The fourth-order valence-corrected chi connectivity index (χ4v) is 3.66. The summed E-state index contributed by atoms with van der Waals surface area (Å²) in [6.07, 6.45) is 0.560. The maximum atomic E-state index is 12.4. The highest BCUT2D eigenvalue weighted by Crippen LogP contribution is 2.39. The van der Waals surface area contributed by atoms with Gasteiger partial charge >= 0.3 is 0 Å². The second-order valence-corrected chi connectivity index (χ2v) is 7.00. The molecule has 1 heterocycles. The van der Waals surface area contributed by atoms with E-state index in [4.69, 9.17) is 18.9 Å². The van der Waals surface area contributed by atoms with Crippen LogP contribution in [0, 0.1) is 0 Å². The van der Waals surface area contributed by atoms with E-state index in [1.165, 1.54) is 11.9 Å². The molecule has 166 valence electrons. The lowest BCUT2D eigenvalue weighted by atomic mass is 9.97. The van der Waals surface area contributed by atoms with E-state index in [0.717, 1.165) is 22.6 Å². The van der Waals surface area contributed by atoms with Crippen LogP contribution >= 0.6 is 0 Å². The number of rotatable bonds is 9. The predicted octanol–water partition coefficient (Wildman–Crippen LogP) is 4.59. The third kappa shape index (κ3) is 4.93. The van der Waals surface area contributed by atoms with E-state index < -0.39 is 0 Å². The normalized spacial score (nSPS) is 15.5. The van der Waals surface area contributed by atoms with Gasteiger partial charge in [0.25, 0.3) is 0 Å². The summed E-state index contributed by atoms with van der Waals surface area (Å²) in [4.78, 5) is 12.4. The number of hydrazone groups is 1. The summed E-state index contributed by atoms with van der Waals surface area (Å²) < 4.78 is 22.6. The van der Waals surface area contributed by atoms with E-state index in [0.29, 0.717) is 43.5 Å². The maximum absolute atomic E-state index is 12.4. The van der Waals surface area contributed by atoms with Crippen molar-refractivity contribution in [1.82, 2.24) is 5.01 Å². The van der Waals surface area contributed by atoms with E-state index in [9.17, 15) is 4.79 Å². The number of hydrogen-bond donors (Lipinski definition) is 0. The van der Waals surface area contributed by atoms with Crippen molar-refractivity contribution in [3.05, 3.63) is 47.5 Å². The Morgan fingerprint density at radius 2 is 1.68 bits per heavy atom. The van der Waals surface area contributed by atoms with Gasteiger partial charge in [-0.05, 0) is 50.6 Å². The van der Waals surface area contributed by atoms with Crippen molar-refractivity contribution < 1.29 is 23.7 Å². The van der Waals surface area contributed by atoms with E-state index in [1.54, 1.807) is 7.11 Å². The van der Waals surface area contributed by atoms with Crippen LogP contribution in [0.2, 0.25) is 0 Å². The van der Waals surface area contributed by atoms with Crippen LogP contribution < -0.4 is 18.9 Å². The number of hydrogen-bond acceptors (Lipinski definition) is 6. The number of carbonyl (C=O) groups excluding carboxylic acids is 1. The zero-order chi connectivity index (χ0) is 22.4. The van der Waals surface area contributed by atoms with Gasteiger partial charge in [-0.15, -0.1) is 0 Å². The molecule has 31 heavy (non-hydrogen) atoms. The second kappa shape index (κ2) is 10.2. The van der Waals surface area contributed by atoms with Gasteiger partial charge < -0.3 is 18.9 Å². The van der Waals surface area contributed by atoms with Gasteiger partial charge in [-0.2, -0.15) is 5.10 Å². The summed E-state index contributed by atoms with van der Waals surface area (Å²) in [5.74, 6) is 2.61. The summed E-state index contributed by atoms with van der Waals surface area (Å²) in [7, 11) is 1.61. The van der Waals surface area contributed by atoms with E-state index in [1.807, 2.05) is 57.2 Å². The van der Waals surface area contributed by atoms with Gasteiger partial charge in [-0.3, -0.25) is 4.79 Å². The quantitative estimate of drug-likeness (QED) is 0.587. The molecular formula is C24H30N2O5. The highest BCUT2D eigenvalue weighted by atomic mass is 16.5. The minimum absolute atomic E-state index is 0.128. The minimum atomic E-state index is -0.238. The highest BCUT2D eigenvalue weighted by molar-refractivity contribution is 6.05. The first kappa shape index (κ1) is 22.5. The number of amides is 1. The number of methoxy groups -OCH3 is 1. The number of nitrogens with zero attached hydrogens (tertiary/aromatic N) is 2. The molecule has 0 aromatic heterocycles. The van der Waals surface area contributed by atoms with Gasteiger partial charge in [0, 0.05) is 25.0 Å². The third-order valence-electron chi connectivity index (χ3n) is 4.98. The number of carbonyl (C=O) groups is 1. The second-order valence-electron chi connectivity index (χ2n) is 7.00. The first-order valence-corrected chi connectivity index (χ1v) is 10.6. The van der Waals surface area contributed by atoms with E-state index >= 15 is 0 Å². The Kier molecular flexibility index (Phi) is 7.39. The van der Waals surface area contributed by atoms with E-state index in [-0.39, 0.29) is 11.9 Å². The summed E-state index contributed by atoms with van der Waals surface area (Å²) in [6.45, 7) is 8.96. The number of ether oxygens (including phenoxy) is 4. The average molecular weight is 427 g/mol. The molecule has 0 aliphatic carbocycles. The van der Waals surface area contributed by atoms with Crippen molar-refractivity contribution >= 4 is 11.6 Å². The van der Waals surface area contributed by atoms with Gasteiger partial charge in [-0.25, -0.2) is 5.01 Å². The molecule has 0 spiro atoms. The van der Waals surface area contributed by atoms with Crippen LogP contribution in [0.15, 0.2) is 41.5 Å². The maximum Gasteiger partial charge on any atom is 0.240 e. The molecule has 1 aliphatic rings. The van der Waals surface area contributed by atoms with Crippen LogP contribution in [-0.4, -0.2) is 43.6 Å². The van der Waals surface area contributed by atoms with Gasteiger partial charge in [0.15, 0.2) is 11.5 Å².